The van der Waals surface area contributed by atoms with Crippen LogP contribution in [0.2, 0.25) is 0 Å². The molecule has 1 aliphatic carbocycles. The summed E-state index contributed by atoms with van der Waals surface area (Å²) in [6, 6.07) is 0. The maximum Gasteiger partial charge on any atom is 0.133 e. The highest BCUT2D eigenvalue weighted by Crippen LogP contribution is 2.37. The molecule has 0 bridgehead atoms. The second-order valence-electron chi connectivity index (χ2n) is 4.03. The first-order chi connectivity index (χ1) is 5.81. The highest BCUT2D eigenvalue weighted by Gasteiger charge is 2.36. The highest BCUT2D eigenvalue weighted by molar-refractivity contribution is 5.79. The number of hydrogen-bond acceptors (Lipinski definition) is 2. The van der Waals surface area contributed by atoms with Crippen LogP contribution in [0.1, 0.15) is 44.9 Å². The molecule has 0 N–H and O–H groups in total. The molecule has 1 aliphatic heterocycles. The average molecular weight is 168 g/mol. The molecule has 2 rings (SSSR count). The van der Waals surface area contributed by atoms with Crippen LogP contribution < -0.4 is 0 Å². The van der Waals surface area contributed by atoms with Gasteiger partial charge in [-0.15, -0.1) is 0 Å². The molecule has 1 spiro atoms. The molecule has 0 amide bonds. The van der Waals surface area contributed by atoms with Crippen LogP contribution in [-0.2, 0) is 9.53 Å². The van der Waals surface area contributed by atoms with Crippen molar-refractivity contribution in [1.82, 2.24) is 0 Å². The maximum absolute atomic E-state index is 11.0. The van der Waals surface area contributed by atoms with E-state index in [4.69, 9.17) is 4.74 Å². The van der Waals surface area contributed by atoms with Gasteiger partial charge in [0.2, 0.25) is 0 Å². The van der Waals surface area contributed by atoms with Crippen molar-refractivity contribution in [2.45, 2.75) is 50.5 Å². The van der Waals surface area contributed by atoms with Gasteiger partial charge in [0.25, 0.3) is 0 Å². The van der Waals surface area contributed by atoms with E-state index >= 15 is 0 Å². The van der Waals surface area contributed by atoms with Crippen LogP contribution in [0.3, 0.4) is 0 Å². The van der Waals surface area contributed by atoms with Crippen LogP contribution in [0.4, 0.5) is 0 Å². The number of hydrogen-bond donors (Lipinski definition) is 0. The molecule has 2 nitrogen and oxygen atoms in total. The zero-order chi connectivity index (χ0) is 8.44. The van der Waals surface area contributed by atoms with Gasteiger partial charge in [0.15, 0.2) is 0 Å². The lowest BCUT2D eigenvalue weighted by Crippen LogP contribution is -2.40. The number of carbonyl (C=O) groups is 1. The van der Waals surface area contributed by atoms with Crippen molar-refractivity contribution in [3.8, 4) is 0 Å². The highest BCUT2D eigenvalue weighted by atomic mass is 16.5. The van der Waals surface area contributed by atoms with Crippen molar-refractivity contribution in [3.63, 3.8) is 0 Å². The second-order valence-corrected chi connectivity index (χ2v) is 4.03. The average Bonchev–Trinajstić information content (AvgIpc) is 2.13. The molecule has 1 heterocycles. The third-order valence-corrected chi connectivity index (χ3v) is 3.15. The Kier molecular flexibility index (Phi) is 2.18. The Morgan fingerprint density at radius 3 is 2.42 bits per heavy atom. The summed E-state index contributed by atoms with van der Waals surface area (Å²) in [5, 5.41) is 0. The van der Waals surface area contributed by atoms with Crippen LogP contribution in [-0.4, -0.2) is 18.0 Å². The largest absolute Gasteiger partial charge is 0.375 e. The molecule has 1 saturated carbocycles. The second kappa shape index (κ2) is 3.17. The first-order valence-electron chi connectivity index (χ1n) is 4.96. The Balaban J connectivity index is 1.96. The maximum atomic E-state index is 11.0. The van der Waals surface area contributed by atoms with Gasteiger partial charge in [-0.05, 0) is 32.1 Å². The van der Waals surface area contributed by atoms with E-state index in [9.17, 15) is 4.79 Å². The van der Waals surface area contributed by atoms with Crippen LogP contribution in [0.15, 0.2) is 0 Å². The first-order valence-corrected chi connectivity index (χ1v) is 4.96. The van der Waals surface area contributed by atoms with Gasteiger partial charge < -0.3 is 4.74 Å². The van der Waals surface area contributed by atoms with Gasteiger partial charge in [0, 0.05) is 19.4 Å². The third-order valence-electron chi connectivity index (χ3n) is 3.15. The van der Waals surface area contributed by atoms with Crippen molar-refractivity contribution in [1.29, 1.82) is 0 Å². The first kappa shape index (κ1) is 8.24. The van der Waals surface area contributed by atoms with Gasteiger partial charge in [-0.2, -0.15) is 0 Å². The minimum absolute atomic E-state index is 0.117. The summed E-state index contributed by atoms with van der Waals surface area (Å²) in [5.74, 6) is 0.426. The summed E-state index contributed by atoms with van der Waals surface area (Å²) in [7, 11) is 0. The van der Waals surface area contributed by atoms with E-state index in [-0.39, 0.29) is 5.60 Å². The standard InChI is InChI=1S/C10H16O2/c11-9-3-6-10(7-4-9)5-1-2-8-12-10/h1-8H2. The van der Waals surface area contributed by atoms with E-state index in [1.54, 1.807) is 0 Å². The van der Waals surface area contributed by atoms with Crippen molar-refractivity contribution < 1.29 is 9.53 Å². The van der Waals surface area contributed by atoms with Crippen molar-refractivity contribution in [3.05, 3.63) is 0 Å². The topological polar surface area (TPSA) is 26.3 Å². The fourth-order valence-corrected chi connectivity index (χ4v) is 2.29. The predicted octanol–water partition coefficient (Wildman–Crippen LogP) is 2.07. The summed E-state index contributed by atoms with van der Waals surface area (Å²) >= 11 is 0. The minimum Gasteiger partial charge on any atom is -0.375 e. The molecule has 0 aromatic rings. The van der Waals surface area contributed by atoms with Gasteiger partial charge in [0.1, 0.15) is 5.78 Å². The van der Waals surface area contributed by atoms with E-state index in [2.05, 4.69) is 0 Å². The van der Waals surface area contributed by atoms with Gasteiger partial charge >= 0.3 is 0 Å². The van der Waals surface area contributed by atoms with E-state index in [1.165, 1.54) is 19.3 Å². The van der Waals surface area contributed by atoms with Gasteiger partial charge in [-0.3, -0.25) is 4.79 Å². The van der Waals surface area contributed by atoms with E-state index in [0.29, 0.717) is 5.78 Å². The Morgan fingerprint density at radius 1 is 1.08 bits per heavy atom. The summed E-state index contributed by atoms with van der Waals surface area (Å²) < 4.78 is 5.80. The molecule has 2 fully saturated rings. The Bertz CT molecular complexity index is 168. The van der Waals surface area contributed by atoms with Crippen LogP contribution in [0.5, 0.6) is 0 Å². The number of ketones is 1. The molecular weight excluding hydrogens is 152 g/mol. The van der Waals surface area contributed by atoms with Crippen molar-refractivity contribution in [2.24, 2.45) is 0 Å². The Morgan fingerprint density at radius 2 is 1.83 bits per heavy atom. The van der Waals surface area contributed by atoms with Crippen LogP contribution >= 0.6 is 0 Å². The zero-order valence-electron chi connectivity index (χ0n) is 7.47. The van der Waals surface area contributed by atoms with Gasteiger partial charge in [-0.1, -0.05) is 0 Å². The predicted molar refractivity (Wildman–Crippen MR) is 46.0 cm³/mol. The van der Waals surface area contributed by atoms with Gasteiger partial charge in [0.05, 0.1) is 5.60 Å². The number of rotatable bonds is 0. The number of ether oxygens (including phenoxy) is 1. The molecule has 2 aliphatic rings. The minimum atomic E-state index is 0.117. The van der Waals surface area contributed by atoms with Crippen LogP contribution in [0.25, 0.3) is 0 Å². The fraction of sp³-hybridized carbons (Fsp3) is 0.900. The summed E-state index contributed by atoms with van der Waals surface area (Å²) in [5.41, 5.74) is 0.117. The van der Waals surface area contributed by atoms with Gasteiger partial charge in [-0.25, -0.2) is 0 Å². The zero-order valence-corrected chi connectivity index (χ0v) is 7.47. The van der Waals surface area contributed by atoms with Crippen molar-refractivity contribution >= 4 is 5.78 Å². The monoisotopic (exact) mass is 168 g/mol. The molecule has 0 aromatic carbocycles. The normalized spacial score (nSPS) is 29.2. The molecule has 2 heteroatoms. The smallest absolute Gasteiger partial charge is 0.133 e. The number of carbonyl (C=O) groups excluding carboxylic acids is 1. The summed E-state index contributed by atoms with van der Waals surface area (Å²) in [6.07, 6.45) is 7.13. The molecule has 0 aromatic heterocycles. The van der Waals surface area contributed by atoms with E-state index in [1.807, 2.05) is 0 Å². The Hall–Kier alpha value is -0.370. The third kappa shape index (κ3) is 1.53. The lowest BCUT2D eigenvalue weighted by molar-refractivity contribution is -0.135. The molecule has 0 unspecified atom stereocenters. The molecule has 1 saturated heterocycles. The van der Waals surface area contributed by atoms with E-state index in [0.717, 1.165) is 32.3 Å². The summed E-state index contributed by atoms with van der Waals surface area (Å²) in [4.78, 5) is 11.0. The molecule has 0 atom stereocenters. The molecule has 12 heavy (non-hydrogen) atoms. The molecular formula is C10H16O2. The van der Waals surface area contributed by atoms with E-state index < -0.39 is 0 Å². The molecule has 0 radical (unpaired) electrons. The lowest BCUT2D eigenvalue weighted by Gasteiger charge is -2.39. The van der Waals surface area contributed by atoms with Crippen molar-refractivity contribution in [2.75, 3.05) is 6.61 Å². The van der Waals surface area contributed by atoms with Crippen LogP contribution in [0, 0.1) is 0 Å². The molecule has 68 valence electrons. The number of Topliss-reactive ketones (excluding diaryl/α,β-unsaturated/α-hetero) is 1. The Labute approximate surface area is 73.3 Å². The fourth-order valence-electron chi connectivity index (χ4n) is 2.29. The quantitative estimate of drug-likeness (QED) is 0.553. The lowest BCUT2D eigenvalue weighted by atomic mass is 9.79. The summed E-state index contributed by atoms with van der Waals surface area (Å²) in [6.45, 7) is 0.911. The SMILES string of the molecule is O=C1CCC2(CCCCO2)CC1.